The lowest BCUT2D eigenvalue weighted by molar-refractivity contribution is 0.131. The molecule has 0 radical (unpaired) electrons. The molecule has 0 bridgehead atoms. The van der Waals surface area contributed by atoms with Crippen molar-refractivity contribution >= 4 is 11.3 Å². The number of hydrogen-bond acceptors (Lipinski definition) is 2. The number of aliphatic hydroxyl groups is 1. The lowest BCUT2D eigenvalue weighted by Gasteiger charge is -2.25. The molecule has 0 aromatic carbocycles. The molecule has 0 unspecified atom stereocenters. The SMILES string of the molecule is CCc1ccc(CC2(CO)CCCC2)s1. The van der Waals surface area contributed by atoms with E-state index < -0.39 is 0 Å². The lowest BCUT2D eigenvalue weighted by atomic mass is 9.83. The predicted molar refractivity (Wildman–Crippen MR) is 65.4 cm³/mol. The quantitative estimate of drug-likeness (QED) is 0.831. The van der Waals surface area contributed by atoms with Crippen LogP contribution < -0.4 is 0 Å². The van der Waals surface area contributed by atoms with Gasteiger partial charge in [-0.2, -0.15) is 0 Å². The first-order valence-electron chi connectivity index (χ1n) is 5.96. The van der Waals surface area contributed by atoms with Gasteiger partial charge in [0.15, 0.2) is 0 Å². The van der Waals surface area contributed by atoms with Crippen molar-refractivity contribution in [1.82, 2.24) is 0 Å². The molecule has 1 nitrogen and oxygen atoms in total. The number of thiophene rings is 1. The first-order valence-corrected chi connectivity index (χ1v) is 6.78. The van der Waals surface area contributed by atoms with E-state index in [0.29, 0.717) is 6.61 Å². The molecule has 0 spiro atoms. The van der Waals surface area contributed by atoms with E-state index in [0.717, 1.165) is 12.8 Å². The molecule has 1 fully saturated rings. The van der Waals surface area contributed by atoms with Crippen molar-refractivity contribution in [3.05, 3.63) is 21.9 Å². The van der Waals surface area contributed by atoms with E-state index in [2.05, 4.69) is 19.1 Å². The molecule has 1 aliphatic rings. The van der Waals surface area contributed by atoms with Crippen molar-refractivity contribution in [3.8, 4) is 0 Å². The second-order valence-corrected chi connectivity index (χ2v) is 6.02. The van der Waals surface area contributed by atoms with Crippen LogP contribution in [0.5, 0.6) is 0 Å². The first kappa shape index (κ1) is 11.2. The van der Waals surface area contributed by atoms with Crippen molar-refractivity contribution in [1.29, 1.82) is 0 Å². The molecule has 0 saturated heterocycles. The maximum atomic E-state index is 9.55. The van der Waals surface area contributed by atoms with Crippen LogP contribution in [0.15, 0.2) is 12.1 Å². The second-order valence-electron chi connectivity index (χ2n) is 4.76. The summed E-state index contributed by atoms with van der Waals surface area (Å²) in [4.78, 5) is 2.93. The average Bonchev–Trinajstić information content (AvgIpc) is 2.88. The fourth-order valence-corrected chi connectivity index (χ4v) is 3.72. The van der Waals surface area contributed by atoms with Gasteiger partial charge in [-0.15, -0.1) is 11.3 Å². The van der Waals surface area contributed by atoms with Gasteiger partial charge in [-0.3, -0.25) is 0 Å². The Kier molecular flexibility index (Phi) is 3.47. The molecule has 0 amide bonds. The smallest absolute Gasteiger partial charge is 0.0490 e. The molecule has 2 rings (SSSR count). The topological polar surface area (TPSA) is 20.2 Å². The van der Waals surface area contributed by atoms with Gasteiger partial charge in [-0.05, 0) is 43.2 Å². The van der Waals surface area contributed by atoms with E-state index in [4.69, 9.17) is 0 Å². The molecule has 1 heterocycles. The van der Waals surface area contributed by atoms with Crippen molar-refractivity contribution in [2.45, 2.75) is 45.4 Å². The fraction of sp³-hybridized carbons (Fsp3) is 0.692. The summed E-state index contributed by atoms with van der Waals surface area (Å²) in [5.41, 5.74) is 0.218. The molecule has 1 aromatic rings. The Morgan fingerprint density at radius 1 is 1.27 bits per heavy atom. The van der Waals surface area contributed by atoms with E-state index in [1.54, 1.807) is 0 Å². The highest BCUT2D eigenvalue weighted by molar-refractivity contribution is 7.11. The van der Waals surface area contributed by atoms with Gasteiger partial charge in [0.1, 0.15) is 0 Å². The van der Waals surface area contributed by atoms with Crippen molar-refractivity contribution < 1.29 is 5.11 Å². The molecule has 84 valence electrons. The van der Waals surface area contributed by atoms with E-state index in [1.165, 1.54) is 35.4 Å². The molecule has 0 atom stereocenters. The summed E-state index contributed by atoms with van der Waals surface area (Å²) < 4.78 is 0. The normalized spacial score (nSPS) is 19.6. The van der Waals surface area contributed by atoms with E-state index in [9.17, 15) is 5.11 Å². The largest absolute Gasteiger partial charge is 0.396 e. The van der Waals surface area contributed by atoms with Crippen molar-refractivity contribution in [2.24, 2.45) is 5.41 Å². The molecule has 1 aromatic heterocycles. The summed E-state index contributed by atoms with van der Waals surface area (Å²) in [5.74, 6) is 0. The maximum Gasteiger partial charge on any atom is 0.0490 e. The zero-order valence-corrected chi connectivity index (χ0v) is 10.3. The van der Waals surface area contributed by atoms with E-state index in [-0.39, 0.29) is 5.41 Å². The lowest BCUT2D eigenvalue weighted by Crippen LogP contribution is -2.23. The minimum atomic E-state index is 0.218. The predicted octanol–water partition coefficient (Wildman–Crippen LogP) is 3.41. The zero-order chi connectivity index (χ0) is 10.7. The van der Waals surface area contributed by atoms with Crippen molar-refractivity contribution in [2.75, 3.05) is 6.61 Å². The Morgan fingerprint density at radius 2 is 1.93 bits per heavy atom. The van der Waals surface area contributed by atoms with Gasteiger partial charge >= 0.3 is 0 Å². The summed E-state index contributed by atoms with van der Waals surface area (Å²) in [6, 6.07) is 4.49. The molecular weight excluding hydrogens is 204 g/mol. The highest BCUT2D eigenvalue weighted by Crippen LogP contribution is 2.41. The van der Waals surface area contributed by atoms with Crippen LogP contribution in [0, 0.1) is 5.41 Å². The van der Waals surface area contributed by atoms with Crippen LogP contribution in [-0.2, 0) is 12.8 Å². The van der Waals surface area contributed by atoms with Gasteiger partial charge in [-0.25, -0.2) is 0 Å². The van der Waals surface area contributed by atoms with Crippen LogP contribution in [-0.4, -0.2) is 11.7 Å². The molecule has 15 heavy (non-hydrogen) atoms. The minimum Gasteiger partial charge on any atom is -0.396 e. The van der Waals surface area contributed by atoms with Gasteiger partial charge in [-0.1, -0.05) is 19.8 Å². The monoisotopic (exact) mass is 224 g/mol. The van der Waals surface area contributed by atoms with Crippen molar-refractivity contribution in [3.63, 3.8) is 0 Å². The van der Waals surface area contributed by atoms with Crippen LogP contribution in [0.4, 0.5) is 0 Å². The third kappa shape index (κ3) is 2.43. The van der Waals surface area contributed by atoms with Crippen LogP contribution in [0.25, 0.3) is 0 Å². The van der Waals surface area contributed by atoms with Gasteiger partial charge in [0.2, 0.25) is 0 Å². The van der Waals surface area contributed by atoms with Crippen LogP contribution in [0.3, 0.4) is 0 Å². The molecule has 1 saturated carbocycles. The van der Waals surface area contributed by atoms with E-state index >= 15 is 0 Å². The highest BCUT2D eigenvalue weighted by Gasteiger charge is 2.33. The summed E-state index contributed by atoms with van der Waals surface area (Å²) in [6.45, 7) is 2.57. The average molecular weight is 224 g/mol. The first-order chi connectivity index (χ1) is 7.28. The molecule has 2 heteroatoms. The summed E-state index contributed by atoms with van der Waals surface area (Å²) in [5, 5.41) is 9.55. The zero-order valence-electron chi connectivity index (χ0n) is 9.46. The number of aliphatic hydroxyl groups excluding tert-OH is 1. The van der Waals surface area contributed by atoms with Gasteiger partial charge in [0.05, 0.1) is 0 Å². The Morgan fingerprint density at radius 3 is 2.47 bits per heavy atom. The second kappa shape index (κ2) is 4.67. The van der Waals surface area contributed by atoms with Crippen LogP contribution >= 0.6 is 11.3 Å². The van der Waals surface area contributed by atoms with Crippen LogP contribution in [0.2, 0.25) is 0 Å². The summed E-state index contributed by atoms with van der Waals surface area (Å²) in [7, 11) is 0. The Labute approximate surface area is 96.1 Å². The Balaban J connectivity index is 2.05. The number of hydrogen-bond donors (Lipinski definition) is 1. The molecular formula is C13H20OS. The standard InChI is InChI=1S/C13H20OS/c1-2-11-5-6-12(15-11)9-13(10-14)7-3-4-8-13/h5-6,14H,2-4,7-10H2,1H3. The summed E-state index contributed by atoms with van der Waals surface area (Å²) in [6.07, 6.45) is 7.25. The molecule has 1 aliphatic carbocycles. The maximum absolute atomic E-state index is 9.55. The fourth-order valence-electron chi connectivity index (χ4n) is 2.59. The van der Waals surface area contributed by atoms with Gasteiger partial charge in [0, 0.05) is 16.4 Å². The number of rotatable bonds is 4. The van der Waals surface area contributed by atoms with Crippen LogP contribution in [0.1, 0.15) is 42.4 Å². The number of aryl methyl sites for hydroxylation is 1. The third-order valence-electron chi connectivity index (χ3n) is 3.61. The van der Waals surface area contributed by atoms with E-state index in [1.807, 2.05) is 11.3 Å². The van der Waals surface area contributed by atoms with Gasteiger partial charge < -0.3 is 5.11 Å². The minimum absolute atomic E-state index is 0.218. The Bertz CT molecular complexity index is 310. The Hall–Kier alpha value is -0.340. The summed E-state index contributed by atoms with van der Waals surface area (Å²) >= 11 is 1.92. The molecule has 1 N–H and O–H groups in total. The molecule has 0 aliphatic heterocycles. The van der Waals surface area contributed by atoms with Gasteiger partial charge in [0.25, 0.3) is 0 Å². The highest BCUT2D eigenvalue weighted by atomic mass is 32.1. The third-order valence-corrected chi connectivity index (χ3v) is 4.84.